The van der Waals surface area contributed by atoms with E-state index in [1.807, 2.05) is 0 Å². The smallest absolute Gasteiger partial charge is 0.493 e. The number of carbonyl (C=O) groups is 1. The summed E-state index contributed by atoms with van der Waals surface area (Å²) >= 11 is 0. The Morgan fingerprint density at radius 1 is 1.19 bits per heavy atom. The molecule has 0 spiro atoms. The van der Waals surface area contributed by atoms with Crippen molar-refractivity contribution in [3.8, 4) is 11.5 Å². The summed E-state index contributed by atoms with van der Waals surface area (Å²) in [5.74, 6) is -1.47. The third kappa shape index (κ3) is 4.25. The predicted octanol–water partition coefficient (Wildman–Crippen LogP) is 1.64. The molecule has 0 aliphatic rings. The van der Waals surface area contributed by atoms with Gasteiger partial charge in [0.25, 0.3) is 0 Å². The maximum Gasteiger partial charge on any atom is 0.534 e. The zero-order valence-corrected chi connectivity index (χ0v) is 11.7. The van der Waals surface area contributed by atoms with Crippen molar-refractivity contribution >= 4 is 16.1 Å². The topological polar surface area (TPSA) is 78.9 Å². The van der Waals surface area contributed by atoms with Crippen molar-refractivity contribution in [1.29, 1.82) is 0 Å². The lowest BCUT2D eigenvalue weighted by Crippen LogP contribution is -2.28. The molecule has 0 aliphatic heterocycles. The predicted molar refractivity (Wildman–Crippen MR) is 64.3 cm³/mol. The summed E-state index contributed by atoms with van der Waals surface area (Å²) in [6, 6.07) is 3.36. The van der Waals surface area contributed by atoms with Gasteiger partial charge >= 0.3 is 21.6 Å². The zero-order chi connectivity index (χ0) is 16.3. The third-order valence-electron chi connectivity index (χ3n) is 2.29. The molecule has 10 heteroatoms. The van der Waals surface area contributed by atoms with Gasteiger partial charge in [-0.1, -0.05) is 6.07 Å². The second-order valence-corrected chi connectivity index (χ2v) is 5.26. The number of carbonyl (C=O) groups excluding carboxylic acids is 1. The molecule has 0 atom stereocenters. The highest BCUT2D eigenvalue weighted by Crippen LogP contribution is 2.33. The lowest BCUT2D eigenvalue weighted by Gasteiger charge is -2.13. The van der Waals surface area contributed by atoms with Crippen LogP contribution in [0.4, 0.5) is 13.2 Å². The molecule has 0 unspecified atom stereocenters. The van der Waals surface area contributed by atoms with E-state index < -0.39 is 27.3 Å². The summed E-state index contributed by atoms with van der Waals surface area (Å²) in [5.41, 5.74) is -5.20. The number of ether oxygens (including phenoxy) is 2. The molecule has 6 nitrogen and oxygen atoms in total. The summed E-state index contributed by atoms with van der Waals surface area (Å²) in [5, 5.41) is 0. The molecule has 118 valence electrons. The summed E-state index contributed by atoms with van der Waals surface area (Å²) in [6.45, 7) is 0. The minimum atomic E-state index is -5.80. The van der Waals surface area contributed by atoms with Crippen LogP contribution in [0.2, 0.25) is 0 Å². The minimum Gasteiger partial charge on any atom is -0.493 e. The number of hydrogen-bond acceptors (Lipinski definition) is 6. The third-order valence-corrected chi connectivity index (χ3v) is 3.25. The van der Waals surface area contributed by atoms with Gasteiger partial charge in [-0.15, -0.1) is 0 Å². The van der Waals surface area contributed by atoms with Crippen LogP contribution in [-0.2, 0) is 26.1 Å². The van der Waals surface area contributed by atoms with Crippen molar-refractivity contribution in [2.75, 3.05) is 14.2 Å². The Kier molecular flexibility index (Phi) is 5.05. The fourth-order valence-electron chi connectivity index (χ4n) is 1.30. The largest absolute Gasteiger partial charge is 0.534 e. The molecule has 1 aromatic carbocycles. The molecule has 0 heterocycles. The van der Waals surface area contributed by atoms with Gasteiger partial charge in [0.05, 0.1) is 20.6 Å². The van der Waals surface area contributed by atoms with Crippen LogP contribution in [0, 0.1) is 0 Å². The molecule has 0 N–H and O–H groups in total. The van der Waals surface area contributed by atoms with Crippen molar-refractivity contribution in [2.45, 2.75) is 11.9 Å². The van der Waals surface area contributed by atoms with Gasteiger partial charge in [0, 0.05) is 0 Å². The maximum atomic E-state index is 12.2. The fraction of sp³-hybridized carbons (Fsp3) is 0.364. The van der Waals surface area contributed by atoms with Crippen LogP contribution in [-0.4, -0.2) is 34.1 Å². The van der Waals surface area contributed by atoms with Crippen LogP contribution in [0.15, 0.2) is 18.2 Å². The molecule has 0 saturated heterocycles. The van der Waals surface area contributed by atoms with Gasteiger partial charge in [0.1, 0.15) is 0 Å². The molecule has 0 aliphatic carbocycles. The van der Waals surface area contributed by atoms with Crippen LogP contribution in [0.1, 0.15) is 5.56 Å². The van der Waals surface area contributed by atoms with E-state index in [2.05, 4.69) is 8.92 Å². The van der Waals surface area contributed by atoms with E-state index >= 15 is 0 Å². The number of hydrogen-bond donors (Lipinski definition) is 0. The monoisotopic (exact) mass is 328 g/mol. The van der Waals surface area contributed by atoms with E-state index in [4.69, 9.17) is 4.74 Å². The van der Waals surface area contributed by atoms with Crippen LogP contribution in [0.3, 0.4) is 0 Å². The zero-order valence-electron chi connectivity index (χ0n) is 10.9. The van der Waals surface area contributed by atoms with Crippen molar-refractivity contribution in [1.82, 2.24) is 0 Å². The van der Waals surface area contributed by atoms with E-state index in [0.717, 1.165) is 13.2 Å². The van der Waals surface area contributed by atoms with Crippen molar-refractivity contribution in [3.05, 3.63) is 23.8 Å². The van der Waals surface area contributed by atoms with Crippen LogP contribution in [0.5, 0.6) is 11.5 Å². The van der Waals surface area contributed by atoms with E-state index in [1.165, 1.54) is 19.2 Å². The van der Waals surface area contributed by atoms with Gasteiger partial charge < -0.3 is 13.7 Å². The minimum absolute atomic E-state index is 0.154. The van der Waals surface area contributed by atoms with Gasteiger partial charge in [0.15, 0.2) is 11.5 Å². The first kappa shape index (κ1) is 17.1. The first-order valence-electron chi connectivity index (χ1n) is 5.35. The Bertz CT molecular complexity index is 623. The van der Waals surface area contributed by atoms with Crippen LogP contribution in [0.25, 0.3) is 0 Å². The van der Waals surface area contributed by atoms with Crippen molar-refractivity contribution in [3.63, 3.8) is 0 Å². The highest BCUT2D eigenvalue weighted by molar-refractivity contribution is 7.88. The Morgan fingerprint density at radius 2 is 1.81 bits per heavy atom. The SMILES string of the molecule is COC(=O)Cc1ccc(OS(=O)(=O)C(F)(F)F)c(OC)c1. The molecular formula is C11H11F3O6S. The van der Waals surface area contributed by atoms with E-state index in [0.29, 0.717) is 5.56 Å². The molecule has 0 fully saturated rings. The summed E-state index contributed by atoms with van der Waals surface area (Å²) in [7, 11) is -3.51. The van der Waals surface area contributed by atoms with E-state index in [1.54, 1.807) is 0 Å². The number of halogens is 3. The second kappa shape index (κ2) is 6.20. The van der Waals surface area contributed by atoms with E-state index in [9.17, 15) is 26.4 Å². The average Bonchev–Trinajstić information content (AvgIpc) is 2.38. The summed E-state index contributed by atoms with van der Waals surface area (Å²) in [6.07, 6.45) is -0.154. The molecule has 0 saturated carbocycles. The number of methoxy groups -OCH3 is 2. The van der Waals surface area contributed by atoms with Crippen LogP contribution >= 0.6 is 0 Å². The highest BCUT2D eigenvalue weighted by atomic mass is 32.2. The molecule has 1 aromatic rings. The molecule has 0 radical (unpaired) electrons. The quantitative estimate of drug-likeness (QED) is 0.464. The summed E-state index contributed by atoms with van der Waals surface area (Å²) < 4.78 is 71.7. The number of esters is 1. The van der Waals surface area contributed by atoms with Gasteiger partial charge in [-0.25, -0.2) is 0 Å². The first-order chi connectivity index (χ1) is 9.60. The molecule has 0 bridgehead atoms. The number of alkyl halides is 3. The van der Waals surface area contributed by atoms with Gasteiger partial charge in [-0.2, -0.15) is 21.6 Å². The Morgan fingerprint density at radius 3 is 2.29 bits per heavy atom. The Hall–Kier alpha value is -1.97. The lowest BCUT2D eigenvalue weighted by atomic mass is 10.1. The molecule has 21 heavy (non-hydrogen) atoms. The number of rotatable bonds is 5. The van der Waals surface area contributed by atoms with Crippen molar-refractivity contribution in [2.24, 2.45) is 0 Å². The average molecular weight is 328 g/mol. The van der Waals surface area contributed by atoms with Gasteiger partial charge in [0.2, 0.25) is 0 Å². The highest BCUT2D eigenvalue weighted by Gasteiger charge is 2.48. The van der Waals surface area contributed by atoms with Crippen LogP contribution < -0.4 is 8.92 Å². The fourth-order valence-corrected chi connectivity index (χ4v) is 1.76. The van der Waals surface area contributed by atoms with Gasteiger partial charge in [-0.3, -0.25) is 4.79 Å². The Balaban J connectivity index is 3.08. The normalized spacial score (nSPS) is 11.9. The molecule has 0 amide bonds. The van der Waals surface area contributed by atoms with Crippen molar-refractivity contribution < 1.29 is 40.0 Å². The first-order valence-corrected chi connectivity index (χ1v) is 6.76. The maximum absolute atomic E-state index is 12.2. The van der Waals surface area contributed by atoms with Gasteiger partial charge in [-0.05, 0) is 17.7 Å². The Labute approximate surface area is 118 Å². The van der Waals surface area contributed by atoms with E-state index in [-0.39, 0.29) is 12.2 Å². The standard InChI is InChI=1S/C11H11F3O6S/c1-18-9-5-7(6-10(15)19-2)3-4-8(9)20-21(16,17)11(12,13)14/h3-5H,6H2,1-2H3. The second-order valence-electron chi connectivity index (χ2n) is 3.72. The number of benzene rings is 1. The molecule has 0 aromatic heterocycles. The lowest BCUT2D eigenvalue weighted by molar-refractivity contribution is -0.139. The molecule has 1 rings (SSSR count). The summed E-state index contributed by atoms with van der Waals surface area (Å²) in [4.78, 5) is 11.1. The molecular weight excluding hydrogens is 317 g/mol.